The number of halogens is 3. The summed E-state index contributed by atoms with van der Waals surface area (Å²) in [6.45, 7) is 5.40. The molecule has 0 N–H and O–H groups in total. The van der Waals surface area contributed by atoms with Crippen molar-refractivity contribution >= 4 is 34.2 Å². The molecule has 7 nitrogen and oxygen atoms in total. The topological polar surface area (TPSA) is 84.7 Å². The molecule has 3 aromatic carbocycles. The number of carbonyl (C=O) groups is 3. The normalized spacial score (nSPS) is 16.2. The molecule has 2 heterocycles. The molecule has 2 aliphatic rings. The number of nitrogens with zero attached hydrogens (tertiary/aromatic N) is 4. The van der Waals surface area contributed by atoms with Crippen molar-refractivity contribution in [3.05, 3.63) is 88.5 Å². The van der Waals surface area contributed by atoms with E-state index in [0.717, 1.165) is 60.6 Å². The van der Waals surface area contributed by atoms with Gasteiger partial charge in [0, 0.05) is 42.9 Å². The highest BCUT2D eigenvalue weighted by Crippen LogP contribution is 2.37. The lowest BCUT2D eigenvalue weighted by molar-refractivity contribution is -0.138. The zero-order valence-electron chi connectivity index (χ0n) is 24.5. The number of benzene rings is 3. The fourth-order valence-electron chi connectivity index (χ4n) is 5.89. The Morgan fingerprint density at radius 3 is 2.27 bits per heavy atom. The zero-order valence-corrected chi connectivity index (χ0v) is 24.5. The summed E-state index contributed by atoms with van der Waals surface area (Å²) in [6.07, 6.45) is -1.02. The lowest BCUT2D eigenvalue weighted by Gasteiger charge is -2.34. The van der Waals surface area contributed by atoms with Gasteiger partial charge < -0.3 is 4.90 Å². The van der Waals surface area contributed by atoms with E-state index in [-0.39, 0.29) is 17.2 Å². The standard InChI is InChI=1S/C34H33F3N4O3/c1-23-29(33(44)41(31(23)42)28-14-13-27(22-38)30(21-28)34(35,36)37)10-4-2-3-7-15-39-16-18-40(19-17-39)32(43)26-12-11-24-8-5-6-9-25(24)20-26/h5-6,8-9,11-14,20-21H,2-4,7,10,15-19H2,1H3. The van der Waals surface area contributed by atoms with Crippen LogP contribution in [0.4, 0.5) is 18.9 Å². The number of carbonyl (C=O) groups excluding carboxylic acids is 3. The van der Waals surface area contributed by atoms with E-state index in [1.54, 1.807) is 0 Å². The average molecular weight is 603 g/mol. The van der Waals surface area contributed by atoms with Gasteiger partial charge in [-0.1, -0.05) is 43.2 Å². The fourth-order valence-corrected chi connectivity index (χ4v) is 5.89. The molecule has 3 aromatic rings. The number of piperazine rings is 1. The predicted molar refractivity (Wildman–Crippen MR) is 161 cm³/mol. The summed E-state index contributed by atoms with van der Waals surface area (Å²) < 4.78 is 40.3. The molecule has 5 rings (SSSR count). The number of hydrogen-bond donors (Lipinski definition) is 0. The van der Waals surface area contributed by atoms with E-state index in [1.165, 1.54) is 19.1 Å². The summed E-state index contributed by atoms with van der Waals surface area (Å²) in [5, 5.41) is 11.2. The smallest absolute Gasteiger partial charge is 0.336 e. The van der Waals surface area contributed by atoms with Gasteiger partial charge in [0.05, 0.1) is 22.9 Å². The number of alkyl halides is 3. The molecule has 1 saturated heterocycles. The van der Waals surface area contributed by atoms with Crippen molar-refractivity contribution in [3.8, 4) is 6.07 Å². The third kappa shape index (κ3) is 6.53. The monoisotopic (exact) mass is 602 g/mol. The van der Waals surface area contributed by atoms with Crippen molar-refractivity contribution in [3.63, 3.8) is 0 Å². The molecule has 0 spiro atoms. The van der Waals surface area contributed by atoms with Crippen molar-refractivity contribution in [2.75, 3.05) is 37.6 Å². The molecule has 0 unspecified atom stereocenters. The molecule has 0 aromatic heterocycles. The molecule has 2 aliphatic heterocycles. The lowest BCUT2D eigenvalue weighted by Crippen LogP contribution is -2.48. The summed E-state index contributed by atoms with van der Waals surface area (Å²) in [5.74, 6) is -1.19. The maximum absolute atomic E-state index is 13.4. The number of imide groups is 1. The Labute approximate surface area is 254 Å². The van der Waals surface area contributed by atoms with Crippen LogP contribution in [0.3, 0.4) is 0 Å². The van der Waals surface area contributed by atoms with Crippen molar-refractivity contribution < 1.29 is 27.6 Å². The van der Waals surface area contributed by atoms with Gasteiger partial charge >= 0.3 is 6.18 Å². The van der Waals surface area contributed by atoms with Crippen molar-refractivity contribution in [2.45, 2.75) is 45.2 Å². The second kappa shape index (κ2) is 13.0. The highest BCUT2D eigenvalue weighted by molar-refractivity contribution is 6.32. The van der Waals surface area contributed by atoms with Crippen molar-refractivity contribution in [1.29, 1.82) is 5.26 Å². The first-order chi connectivity index (χ1) is 21.1. The van der Waals surface area contributed by atoms with Crippen molar-refractivity contribution in [2.24, 2.45) is 0 Å². The third-order valence-corrected chi connectivity index (χ3v) is 8.43. The maximum atomic E-state index is 13.4. The highest BCUT2D eigenvalue weighted by atomic mass is 19.4. The average Bonchev–Trinajstić information content (AvgIpc) is 3.24. The van der Waals surface area contributed by atoms with Crippen LogP contribution in [0.15, 0.2) is 71.8 Å². The Balaban J connectivity index is 1.05. The Kier molecular flexibility index (Phi) is 9.16. The number of fused-ring (bicyclic) bond motifs is 1. The van der Waals surface area contributed by atoms with Crippen LogP contribution >= 0.6 is 0 Å². The van der Waals surface area contributed by atoms with E-state index in [4.69, 9.17) is 5.26 Å². The summed E-state index contributed by atoms with van der Waals surface area (Å²) in [6, 6.07) is 18.2. The van der Waals surface area contributed by atoms with E-state index < -0.39 is 29.1 Å². The van der Waals surface area contributed by atoms with Crippen molar-refractivity contribution in [1.82, 2.24) is 9.80 Å². The minimum Gasteiger partial charge on any atom is -0.336 e. The van der Waals surface area contributed by atoms with E-state index in [2.05, 4.69) is 4.90 Å². The zero-order chi connectivity index (χ0) is 31.4. The minimum absolute atomic E-state index is 0.0542. The van der Waals surface area contributed by atoms with Gasteiger partial charge in [-0.05, 0) is 73.8 Å². The van der Waals surface area contributed by atoms with Gasteiger partial charge in [0.15, 0.2) is 0 Å². The van der Waals surface area contributed by atoms with E-state index >= 15 is 0 Å². The molecule has 228 valence electrons. The molecular formula is C34H33F3N4O3. The molecule has 0 radical (unpaired) electrons. The number of amides is 3. The number of unbranched alkanes of at least 4 members (excludes halogenated alkanes) is 3. The Bertz CT molecular complexity index is 1670. The van der Waals surface area contributed by atoms with E-state index in [9.17, 15) is 27.6 Å². The quantitative estimate of drug-likeness (QED) is 0.211. The third-order valence-electron chi connectivity index (χ3n) is 8.43. The van der Waals surface area contributed by atoms with Crippen LogP contribution in [0.5, 0.6) is 0 Å². The predicted octanol–water partition coefficient (Wildman–Crippen LogP) is 6.33. The van der Waals surface area contributed by atoms with Gasteiger partial charge in [-0.2, -0.15) is 18.4 Å². The van der Waals surface area contributed by atoms with Gasteiger partial charge in [0.1, 0.15) is 0 Å². The Morgan fingerprint density at radius 2 is 1.57 bits per heavy atom. The number of rotatable bonds is 9. The molecule has 0 atom stereocenters. The van der Waals surface area contributed by atoms with Crippen LogP contribution in [0.1, 0.15) is 60.5 Å². The van der Waals surface area contributed by atoms with Gasteiger partial charge in [0.2, 0.25) is 0 Å². The van der Waals surface area contributed by atoms with Crippen LogP contribution in [0, 0.1) is 11.3 Å². The molecular weight excluding hydrogens is 569 g/mol. The molecule has 0 saturated carbocycles. The largest absolute Gasteiger partial charge is 0.417 e. The SMILES string of the molecule is CC1=C(CCCCCCN2CCN(C(=O)c3ccc4ccccc4c3)CC2)C(=O)N(c2ccc(C#N)c(C(F)(F)F)c2)C1=O. The van der Waals surface area contributed by atoms with Gasteiger partial charge in [0.25, 0.3) is 17.7 Å². The van der Waals surface area contributed by atoms with Gasteiger partial charge in [-0.3, -0.25) is 19.3 Å². The fraction of sp³-hybridized carbons (Fsp3) is 0.353. The summed E-state index contributed by atoms with van der Waals surface area (Å²) in [5.41, 5.74) is -0.677. The van der Waals surface area contributed by atoms with Gasteiger partial charge in [-0.25, -0.2) is 4.90 Å². The van der Waals surface area contributed by atoms with E-state index in [0.29, 0.717) is 43.1 Å². The lowest BCUT2D eigenvalue weighted by atomic mass is 10.0. The minimum atomic E-state index is -4.79. The summed E-state index contributed by atoms with van der Waals surface area (Å²) in [4.78, 5) is 43.9. The van der Waals surface area contributed by atoms with E-state index in [1.807, 2.05) is 47.4 Å². The number of anilines is 1. The molecule has 3 amide bonds. The second-order valence-electron chi connectivity index (χ2n) is 11.2. The summed E-state index contributed by atoms with van der Waals surface area (Å²) >= 11 is 0. The van der Waals surface area contributed by atoms with Crippen LogP contribution < -0.4 is 4.90 Å². The Morgan fingerprint density at radius 1 is 0.864 bits per heavy atom. The van der Waals surface area contributed by atoms with Gasteiger partial charge in [-0.15, -0.1) is 0 Å². The molecule has 0 bridgehead atoms. The molecule has 10 heteroatoms. The second-order valence-corrected chi connectivity index (χ2v) is 11.2. The first kappa shape index (κ1) is 31.0. The summed E-state index contributed by atoms with van der Waals surface area (Å²) in [7, 11) is 0. The van der Waals surface area contributed by atoms with Crippen LogP contribution in [0.2, 0.25) is 0 Å². The first-order valence-electron chi connectivity index (χ1n) is 14.8. The molecule has 44 heavy (non-hydrogen) atoms. The maximum Gasteiger partial charge on any atom is 0.417 e. The van der Waals surface area contributed by atoms with Crippen LogP contribution in [-0.2, 0) is 15.8 Å². The first-order valence-corrected chi connectivity index (χ1v) is 14.8. The number of hydrogen-bond acceptors (Lipinski definition) is 5. The number of nitriles is 1. The highest BCUT2D eigenvalue weighted by Gasteiger charge is 2.39. The molecule has 1 fully saturated rings. The van der Waals surface area contributed by atoms with Crippen LogP contribution in [0.25, 0.3) is 10.8 Å². The Hall–Kier alpha value is -4.49. The van der Waals surface area contributed by atoms with Crippen LogP contribution in [-0.4, -0.2) is 60.2 Å². The molecule has 0 aliphatic carbocycles.